The van der Waals surface area contributed by atoms with Gasteiger partial charge < -0.3 is 20.3 Å². The van der Waals surface area contributed by atoms with Crippen molar-refractivity contribution in [3.05, 3.63) is 90.0 Å². The monoisotopic (exact) mass is 484 g/mol. The first-order valence-corrected chi connectivity index (χ1v) is 11.8. The Morgan fingerprint density at radius 3 is 2.25 bits per heavy atom. The Kier molecular flexibility index (Phi) is 7.75. The summed E-state index contributed by atoms with van der Waals surface area (Å²) < 4.78 is 5.48. The van der Waals surface area contributed by atoms with E-state index in [4.69, 9.17) is 9.63 Å². The van der Waals surface area contributed by atoms with E-state index in [1.165, 1.54) is 0 Å². The molecule has 1 aromatic heterocycles. The predicted octanol–water partition coefficient (Wildman–Crippen LogP) is 5.42. The van der Waals surface area contributed by atoms with Crippen LogP contribution in [0.2, 0.25) is 0 Å². The zero-order valence-electron chi connectivity index (χ0n) is 20.1. The van der Waals surface area contributed by atoms with E-state index in [1.807, 2.05) is 66.7 Å². The van der Waals surface area contributed by atoms with Gasteiger partial charge in [-0.25, -0.2) is 0 Å². The van der Waals surface area contributed by atoms with E-state index in [0.29, 0.717) is 23.2 Å². The lowest BCUT2D eigenvalue weighted by Gasteiger charge is -2.24. The van der Waals surface area contributed by atoms with Gasteiger partial charge in [0.1, 0.15) is 0 Å². The zero-order chi connectivity index (χ0) is 25.5. The molecule has 0 bridgehead atoms. The highest BCUT2D eigenvalue weighted by molar-refractivity contribution is 5.94. The number of nitrogens with one attached hydrogen (secondary N) is 2. The molecule has 0 unspecified atom stereocenters. The Morgan fingerprint density at radius 2 is 1.61 bits per heavy atom. The van der Waals surface area contributed by atoms with Crippen molar-refractivity contribution in [1.29, 1.82) is 0 Å². The number of carbonyl (C=O) groups excluding carboxylic acids is 1. The zero-order valence-corrected chi connectivity index (χ0v) is 20.1. The maximum Gasteiger partial charge on any atom is 0.305 e. The second-order valence-corrected chi connectivity index (χ2v) is 8.75. The number of carbonyl (C=O) groups is 2. The van der Waals surface area contributed by atoms with Gasteiger partial charge in [-0.15, -0.1) is 0 Å². The number of hydrogen-bond donors (Lipinski definition) is 3. The number of anilines is 1. The number of nitrogens with zero attached hydrogens (tertiary/aromatic N) is 2. The second kappa shape index (κ2) is 11.3. The molecule has 0 aliphatic heterocycles. The van der Waals surface area contributed by atoms with Crippen molar-refractivity contribution in [2.45, 2.75) is 26.3 Å². The van der Waals surface area contributed by atoms with Gasteiger partial charge in [-0.05, 0) is 47.9 Å². The molecule has 3 aromatic carbocycles. The topological polar surface area (TPSA) is 117 Å². The summed E-state index contributed by atoms with van der Waals surface area (Å²) in [6.07, 6.45) is -0.110. The fourth-order valence-electron chi connectivity index (χ4n) is 3.80. The average molecular weight is 485 g/mol. The van der Waals surface area contributed by atoms with Crippen LogP contribution in [0.15, 0.2) is 83.4 Å². The molecule has 1 amide bonds. The fraction of sp³-hybridized carbons (Fsp3) is 0.214. The largest absolute Gasteiger partial charge is 0.481 e. The van der Waals surface area contributed by atoms with Gasteiger partial charge in [0.05, 0.1) is 12.5 Å². The Balaban J connectivity index is 1.43. The molecule has 0 saturated carbocycles. The molecular formula is C28H28N4O4. The van der Waals surface area contributed by atoms with Crippen molar-refractivity contribution < 1.29 is 19.2 Å². The first-order chi connectivity index (χ1) is 17.4. The molecule has 36 heavy (non-hydrogen) atoms. The van der Waals surface area contributed by atoms with Gasteiger partial charge in [0.25, 0.3) is 11.8 Å². The first-order valence-electron chi connectivity index (χ1n) is 11.8. The average Bonchev–Trinajstić information content (AvgIpc) is 3.38. The van der Waals surface area contributed by atoms with E-state index in [0.717, 1.165) is 22.4 Å². The number of amides is 1. The molecule has 8 nitrogen and oxygen atoms in total. The Labute approximate surface area is 209 Å². The van der Waals surface area contributed by atoms with Crippen molar-refractivity contribution in [3.8, 4) is 22.8 Å². The minimum Gasteiger partial charge on any atom is -0.481 e. The first kappa shape index (κ1) is 24.7. The molecule has 4 aromatic rings. The van der Waals surface area contributed by atoms with Crippen molar-refractivity contribution in [1.82, 2.24) is 15.5 Å². The Morgan fingerprint density at radius 1 is 0.917 bits per heavy atom. The minimum absolute atomic E-state index is 0.0388. The SMILES string of the molecule is CC(C)[C@H](Nc1ccc(C(=O)NCCC(=O)O)cc1)c1ccc(-c2nc(-c3ccccc3)no2)cc1. The summed E-state index contributed by atoms with van der Waals surface area (Å²) >= 11 is 0. The highest BCUT2D eigenvalue weighted by Gasteiger charge is 2.17. The molecule has 0 aliphatic carbocycles. The van der Waals surface area contributed by atoms with Crippen LogP contribution in [-0.4, -0.2) is 33.7 Å². The Hall–Kier alpha value is -4.46. The van der Waals surface area contributed by atoms with E-state index in [9.17, 15) is 9.59 Å². The summed E-state index contributed by atoms with van der Waals surface area (Å²) in [5, 5.41) is 18.9. The van der Waals surface area contributed by atoms with E-state index < -0.39 is 5.97 Å². The van der Waals surface area contributed by atoms with Gasteiger partial charge in [0, 0.05) is 28.9 Å². The van der Waals surface area contributed by atoms with Crippen LogP contribution in [0.1, 0.15) is 42.2 Å². The van der Waals surface area contributed by atoms with Crippen LogP contribution < -0.4 is 10.6 Å². The molecule has 8 heteroatoms. The lowest BCUT2D eigenvalue weighted by Crippen LogP contribution is -2.26. The van der Waals surface area contributed by atoms with Crippen molar-refractivity contribution >= 4 is 17.6 Å². The number of carboxylic acid groups (broad SMARTS) is 1. The van der Waals surface area contributed by atoms with Gasteiger partial charge >= 0.3 is 5.97 Å². The third kappa shape index (κ3) is 6.15. The molecule has 0 saturated heterocycles. The van der Waals surface area contributed by atoms with Crippen LogP contribution >= 0.6 is 0 Å². The van der Waals surface area contributed by atoms with Crippen molar-refractivity contribution in [3.63, 3.8) is 0 Å². The van der Waals surface area contributed by atoms with Crippen molar-refractivity contribution in [2.24, 2.45) is 5.92 Å². The van der Waals surface area contributed by atoms with E-state index in [-0.39, 0.29) is 24.9 Å². The summed E-state index contributed by atoms with van der Waals surface area (Å²) in [5.41, 5.74) is 4.20. The fourth-order valence-corrected chi connectivity index (χ4v) is 3.80. The molecule has 0 radical (unpaired) electrons. The predicted molar refractivity (Wildman–Crippen MR) is 137 cm³/mol. The number of hydrogen-bond acceptors (Lipinski definition) is 6. The van der Waals surface area contributed by atoms with E-state index >= 15 is 0 Å². The third-order valence-corrected chi connectivity index (χ3v) is 5.74. The van der Waals surface area contributed by atoms with Crippen LogP contribution in [0.4, 0.5) is 5.69 Å². The van der Waals surface area contributed by atoms with Crippen molar-refractivity contribution in [2.75, 3.05) is 11.9 Å². The number of aromatic nitrogens is 2. The van der Waals surface area contributed by atoms with Gasteiger partial charge in [-0.3, -0.25) is 9.59 Å². The summed E-state index contributed by atoms with van der Waals surface area (Å²) in [6.45, 7) is 4.37. The van der Waals surface area contributed by atoms with Gasteiger partial charge in [0.15, 0.2) is 0 Å². The normalized spacial score (nSPS) is 11.8. The highest BCUT2D eigenvalue weighted by atomic mass is 16.5. The van der Waals surface area contributed by atoms with Crippen LogP contribution in [0.3, 0.4) is 0 Å². The Bertz CT molecular complexity index is 1300. The molecule has 1 atom stereocenters. The highest BCUT2D eigenvalue weighted by Crippen LogP contribution is 2.29. The maximum atomic E-state index is 12.2. The standard InChI is InChI=1S/C28H28N4O4/c1-18(2)25(30-23-14-12-21(13-15-23)27(35)29-17-16-24(33)34)19-8-10-22(11-9-19)28-31-26(32-36-28)20-6-4-3-5-7-20/h3-15,18,25,30H,16-17H2,1-2H3,(H,29,35)(H,33,34)/t25-/m0/s1. The quantitative estimate of drug-likeness (QED) is 0.275. The molecule has 0 aliphatic rings. The number of carboxylic acids is 1. The third-order valence-electron chi connectivity index (χ3n) is 5.74. The molecule has 1 heterocycles. The lowest BCUT2D eigenvalue weighted by molar-refractivity contribution is -0.136. The molecular weight excluding hydrogens is 456 g/mol. The maximum absolute atomic E-state index is 12.2. The second-order valence-electron chi connectivity index (χ2n) is 8.75. The molecule has 3 N–H and O–H groups in total. The molecule has 184 valence electrons. The van der Waals surface area contributed by atoms with Crippen LogP contribution in [0.25, 0.3) is 22.8 Å². The number of benzene rings is 3. The minimum atomic E-state index is -0.948. The summed E-state index contributed by atoms with van der Waals surface area (Å²) in [4.78, 5) is 27.3. The van der Waals surface area contributed by atoms with Gasteiger partial charge in [0.2, 0.25) is 5.82 Å². The van der Waals surface area contributed by atoms with Gasteiger partial charge in [-0.1, -0.05) is 61.5 Å². The lowest BCUT2D eigenvalue weighted by atomic mass is 9.94. The van der Waals surface area contributed by atoms with E-state index in [2.05, 4.69) is 34.6 Å². The molecule has 0 fully saturated rings. The number of aliphatic carboxylic acids is 1. The van der Waals surface area contributed by atoms with E-state index in [1.54, 1.807) is 12.1 Å². The summed E-state index contributed by atoms with van der Waals surface area (Å²) in [7, 11) is 0. The van der Waals surface area contributed by atoms with Crippen LogP contribution in [-0.2, 0) is 4.79 Å². The molecule has 4 rings (SSSR count). The smallest absolute Gasteiger partial charge is 0.305 e. The van der Waals surface area contributed by atoms with Crippen LogP contribution in [0.5, 0.6) is 0 Å². The van der Waals surface area contributed by atoms with Gasteiger partial charge in [-0.2, -0.15) is 4.98 Å². The molecule has 0 spiro atoms. The van der Waals surface area contributed by atoms with Crippen LogP contribution in [0, 0.1) is 5.92 Å². The number of rotatable bonds is 10. The summed E-state index contributed by atoms with van der Waals surface area (Å²) in [6, 6.07) is 24.9. The summed E-state index contributed by atoms with van der Waals surface area (Å²) in [5.74, 6) is 0.0666.